The van der Waals surface area contributed by atoms with Crippen molar-refractivity contribution in [3.63, 3.8) is 0 Å². The molecule has 1 saturated carbocycles. The quantitative estimate of drug-likeness (QED) is 0.669. The maximum atomic E-state index is 12.5. The fourth-order valence-corrected chi connectivity index (χ4v) is 3.07. The number of hydrogen-bond acceptors (Lipinski definition) is 8. The number of esters is 2. The van der Waals surface area contributed by atoms with Gasteiger partial charge in [-0.1, -0.05) is 0 Å². The summed E-state index contributed by atoms with van der Waals surface area (Å²) in [7, 11) is 0. The van der Waals surface area contributed by atoms with E-state index in [2.05, 4.69) is 4.98 Å². The number of rotatable bonds is 3. The number of hydrogen-bond donors (Lipinski definition) is 2. The van der Waals surface area contributed by atoms with Crippen molar-refractivity contribution < 1.29 is 28.9 Å². The largest absolute Gasteiger partial charge is 0.454 e. The number of aliphatic hydroxyl groups excluding tert-OH is 1. The summed E-state index contributed by atoms with van der Waals surface area (Å²) in [6.45, 7) is 9.94. The molecule has 1 saturated heterocycles. The minimum atomic E-state index is -1.63. The number of ether oxygens (including phenoxy) is 3. The Morgan fingerprint density at radius 1 is 1.14 bits per heavy atom. The Balaban J connectivity index is 1.93. The molecule has 0 aromatic carbocycles. The molecule has 160 valence electrons. The van der Waals surface area contributed by atoms with E-state index in [9.17, 15) is 24.3 Å². The van der Waals surface area contributed by atoms with Crippen LogP contribution >= 0.6 is 0 Å². The Morgan fingerprint density at radius 2 is 1.72 bits per heavy atom. The van der Waals surface area contributed by atoms with Gasteiger partial charge in [0, 0.05) is 12.3 Å². The van der Waals surface area contributed by atoms with Gasteiger partial charge in [0.15, 0.2) is 12.3 Å². The molecule has 5 atom stereocenters. The minimum absolute atomic E-state index is 0.545. The van der Waals surface area contributed by atoms with Crippen LogP contribution in [0.1, 0.15) is 47.8 Å². The third kappa shape index (κ3) is 3.51. The van der Waals surface area contributed by atoms with Gasteiger partial charge in [0.2, 0.25) is 5.60 Å². The van der Waals surface area contributed by atoms with Crippen LogP contribution < -0.4 is 11.2 Å². The van der Waals surface area contributed by atoms with Crippen LogP contribution in [0.15, 0.2) is 21.9 Å². The number of aromatic nitrogens is 2. The molecule has 1 aliphatic heterocycles. The number of aliphatic hydroxyl groups is 1. The highest BCUT2D eigenvalue weighted by atomic mass is 16.7. The van der Waals surface area contributed by atoms with Crippen molar-refractivity contribution in [3.05, 3.63) is 33.1 Å². The number of carbonyl (C=O) groups excluding carboxylic acids is 2. The fraction of sp³-hybridized carbons (Fsp3) is 0.684. The maximum absolute atomic E-state index is 12.5. The molecule has 0 bridgehead atoms. The van der Waals surface area contributed by atoms with Gasteiger partial charge < -0.3 is 19.3 Å². The number of aromatic amines is 1. The molecule has 0 radical (unpaired) electrons. The molecule has 0 amide bonds. The van der Waals surface area contributed by atoms with Gasteiger partial charge in [0.25, 0.3) is 5.56 Å². The molecule has 1 aromatic rings. The SMILES string of the molecule is CC(C)(C)C(=O)OC1[C@H]2O[C@@H](n3ccc(=O)[nH]c3=O)[C@H](O)[C@@]12OC(=O)C(C)(C)C. The highest BCUT2D eigenvalue weighted by molar-refractivity contribution is 5.78. The molecule has 0 spiro atoms. The molecule has 1 unspecified atom stereocenters. The Kier molecular flexibility index (Phi) is 4.78. The first-order valence-corrected chi connectivity index (χ1v) is 9.29. The van der Waals surface area contributed by atoms with Crippen LogP contribution in [0.5, 0.6) is 0 Å². The van der Waals surface area contributed by atoms with Crippen LogP contribution in [0, 0.1) is 10.8 Å². The third-order valence-corrected chi connectivity index (χ3v) is 4.93. The summed E-state index contributed by atoms with van der Waals surface area (Å²) in [5.41, 5.74) is -4.72. The average molecular weight is 410 g/mol. The number of H-pyrrole nitrogens is 1. The molecule has 1 aliphatic carbocycles. The Bertz CT molecular complexity index is 950. The zero-order chi connectivity index (χ0) is 21.9. The van der Waals surface area contributed by atoms with Crippen LogP contribution in [-0.4, -0.2) is 50.5 Å². The lowest BCUT2D eigenvalue weighted by Crippen LogP contribution is -2.46. The van der Waals surface area contributed by atoms with Crippen molar-refractivity contribution in [1.29, 1.82) is 0 Å². The zero-order valence-corrected chi connectivity index (χ0v) is 17.2. The van der Waals surface area contributed by atoms with Crippen LogP contribution in [-0.2, 0) is 23.8 Å². The van der Waals surface area contributed by atoms with Gasteiger partial charge in [-0.15, -0.1) is 0 Å². The molecule has 2 aliphatic rings. The molecule has 10 nitrogen and oxygen atoms in total. The number of carbonyl (C=O) groups is 2. The standard InChI is InChI=1S/C19H26N2O8/c1-17(2,3)14(24)28-12-11-19(12,29-15(25)18(4,5)6)10(23)13(27-11)21-8-7-9(22)20-16(21)26/h7-8,10-13,23H,1-6H3,(H,20,22,26)/t10-,11+,12?,13+,19-/m0/s1. The Hall–Kier alpha value is -2.46. The second-order valence-electron chi connectivity index (χ2n) is 9.48. The monoisotopic (exact) mass is 410 g/mol. The molecule has 3 rings (SSSR count). The van der Waals surface area contributed by atoms with E-state index >= 15 is 0 Å². The van der Waals surface area contributed by atoms with Crippen molar-refractivity contribution >= 4 is 11.9 Å². The van der Waals surface area contributed by atoms with E-state index < -0.39 is 64.2 Å². The summed E-state index contributed by atoms with van der Waals surface area (Å²) in [6, 6.07) is 1.10. The van der Waals surface area contributed by atoms with Gasteiger partial charge in [-0.25, -0.2) is 4.79 Å². The van der Waals surface area contributed by atoms with E-state index in [0.717, 1.165) is 10.6 Å². The van der Waals surface area contributed by atoms with Gasteiger partial charge in [-0.2, -0.15) is 0 Å². The van der Waals surface area contributed by atoms with Gasteiger partial charge >= 0.3 is 17.6 Å². The molecule has 29 heavy (non-hydrogen) atoms. The Morgan fingerprint density at radius 3 is 2.24 bits per heavy atom. The first kappa shape index (κ1) is 21.3. The lowest BCUT2D eigenvalue weighted by molar-refractivity contribution is -0.182. The number of fused-ring (bicyclic) bond motifs is 1. The van der Waals surface area contributed by atoms with E-state index in [1.807, 2.05) is 0 Å². The van der Waals surface area contributed by atoms with Gasteiger partial charge in [-0.05, 0) is 41.5 Å². The lowest BCUT2D eigenvalue weighted by Gasteiger charge is -2.29. The summed E-state index contributed by atoms with van der Waals surface area (Å²) in [5.74, 6) is -1.16. The summed E-state index contributed by atoms with van der Waals surface area (Å²) >= 11 is 0. The zero-order valence-electron chi connectivity index (χ0n) is 17.2. The normalized spacial score (nSPS) is 31.1. The predicted molar refractivity (Wildman–Crippen MR) is 98.9 cm³/mol. The van der Waals surface area contributed by atoms with Crippen LogP contribution in [0.3, 0.4) is 0 Å². The average Bonchev–Trinajstić information content (AvgIpc) is 3.05. The van der Waals surface area contributed by atoms with Gasteiger partial charge in [-0.3, -0.25) is 23.9 Å². The molecule has 2 N–H and O–H groups in total. The molecular weight excluding hydrogens is 384 g/mol. The Labute approximate surface area is 166 Å². The number of nitrogens with one attached hydrogen (secondary N) is 1. The molecule has 1 aromatic heterocycles. The smallest absolute Gasteiger partial charge is 0.330 e. The minimum Gasteiger partial charge on any atom is -0.454 e. The first-order valence-electron chi connectivity index (χ1n) is 9.29. The highest BCUT2D eigenvalue weighted by Crippen LogP contribution is 2.58. The fourth-order valence-electron chi connectivity index (χ4n) is 3.07. The second kappa shape index (κ2) is 6.53. The maximum Gasteiger partial charge on any atom is 0.330 e. The summed E-state index contributed by atoms with van der Waals surface area (Å²) in [6.07, 6.45) is -3.50. The van der Waals surface area contributed by atoms with Gasteiger partial charge in [0.05, 0.1) is 10.8 Å². The van der Waals surface area contributed by atoms with Crippen molar-refractivity contribution in [2.45, 2.75) is 71.7 Å². The van der Waals surface area contributed by atoms with Crippen molar-refractivity contribution in [3.8, 4) is 0 Å². The summed E-state index contributed by atoms with van der Waals surface area (Å²) in [4.78, 5) is 50.3. The second-order valence-corrected chi connectivity index (χ2v) is 9.48. The highest BCUT2D eigenvalue weighted by Gasteiger charge is 2.83. The van der Waals surface area contributed by atoms with E-state index in [4.69, 9.17) is 14.2 Å². The van der Waals surface area contributed by atoms with Crippen LogP contribution in [0.25, 0.3) is 0 Å². The topological polar surface area (TPSA) is 137 Å². The van der Waals surface area contributed by atoms with Crippen LogP contribution in [0.4, 0.5) is 0 Å². The van der Waals surface area contributed by atoms with E-state index in [-0.39, 0.29) is 0 Å². The molecule has 2 fully saturated rings. The molecule has 10 heteroatoms. The first-order chi connectivity index (χ1) is 13.2. The lowest BCUT2D eigenvalue weighted by atomic mass is 9.97. The van der Waals surface area contributed by atoms with Gasteiger partial charge in [0.1, 0.15) is 12.2 Å². The van der Waals surface area contributed by atoms with Crippen LogP contribution in [0.2, 0.25) is 0 Å². The number of nitrogens with zero attached hydrogens (tertiary/aromatic N) is 1. The van der Waals surface area contributed by atoms with E-state index in [1.54, 1.807) is 41.5 Å². The van der Waals surface area contributed by atoms with Crippen molar-refractivity contribution in [1.82, 2.24) is 9.55 Å². The third-order valence-electron chi connectivity index (χ3n) is 4.93. The van der Waals surface area contributed by atoms with E-state index in [1.165, 1.54) is 6.20 Å². The van der Waals surface area contributed by atoms with Crippen molar-refractivity contribution in [2.24, 2.45) is 10.8 Å². The molecular formula is C19H26N2O8. The van der Waals surface area contributed by atoms with E-state index in [0.29, 0.717) is 0 Å². The van der Waals surface area contributed by atoms with Crippen molar-refractivity contribution in [2.75, 3.05) is 0 Å². The summed E-state index contributed by atoms with van der Waals surface area (Å²) < 4.78 is 17.8. The predicted octanol–water partition coefficient (Wildman–Crippen LogP) is 0.0945. The summed E-state index contributed by atoms with van der Waals surface area (Å²) in [5, 5.41) is 11.0. The molecule has 2 heterocycles.